The molecule has 0 atom stereocenters. The number of carbonyl (C=O) groups excluding carboxylic acids is 2. The summed E-state index contributed by atoms with van der Waals surface area (Å²) in [6.07, 6.45) is 6.76. The Labute approximate surface area is 201 Å². The first-order valence-electron chi connectivity index (χ1n) is 10.1. The second-order valence-corrected chi connectivity index (χ2v) is 7.26. The van der Waals surface area contributed by atoms with E-state index in [4.69, 9.17) is 25.8 Å². The van der Waals surface area contributed by atoms with Crippen molar-refractivity contribution in [2.75, 3.05) is 42.1 Å². The minimum atomic E-state index is -0.666. The number of alkyl halides is 1. The molecule has 0 saturated carbocycles. The molecule has 0 fully saturated rings. The van der Waals surface area contributed by atoms with Crippen LogP contribution < -0.4 is 0 Å². The van der Waals surface area contributed by atoms with E-state index in [1.54, 1.807) is 51.1 Å². The monoisotopic (exact) mass is 481 g/mol. The fourth-order valence-corrected chi connectivity index (χ4v) is 2.94. The molecule has 0 aliphatic heterocycles. The van der Waals surface area contributed by atoms with Crippen LogP contribution >= 0.6 is 11.6 Å². The number of methoxy groups -OCH3 is 2. The first-order chi connectivity index (χ1) is 15.7. The van der Waals surface area contributed by atoms with Crippen molar-refractivity contribution in [2.45, 2.75) is 20.3 Å². The molecule has 0 radical (unpaired) electrons. The van der Waals surface area contributed by atoms with Crippen molar-refractivity contribution in [2.24, 2.45) is 0 Å². The lowest BCUT2D eigenvalue weighted by Gasteiger charge is -2.13. The van der Waals surface area contributed by atoms with E-state index in [-0.39, 0.29) is 12.2 Å². The van der Waals surface area contributed by atoms with E-state index in [1.165, 1.54) is 26.7 Å². The van der Waals surface area contributed by atoms with Crippen LogP contribution in [0.2, 0.25) is 5.02 Å². The summed E-state index contributed by atoms with van der Waals surface area (Å²) in [7, 11) is 7.03. The second-order valence-electron chi connectivity index (χ2n) is 6.82. The van der Waals surface area contributed by atoms with Gasteiger partial charge in [0.2, 0.25) is 0 Å². The van der Waals surface area contributed by atoms with Crippen LogP contribution in [-0.4, -0.2) is 58.8 Å². The summed E-state index contributed by atoms with van der Waals surface area (Å²) in [5.74, 6) is -0.578. The van der Waals surface area contributed by atoms with Crippen molar-refractivity contribution >= 4 is 23.4 Å². The number of rotatable bonds is 11. The minimum Gasteiger partial charge on any atom is -0.504 e. The lowest BCUT2D eigenvalue weighted by Crippen LogP contribution is -2.20. The molecule has 0 bridgehead atoms. The zero-order valence-corrected chi connectivity index (χ0v) is 21.0. The maximum absolute atomic E-state index is 13.1. The molecule has 0 spiro atoms. The van der Waals surface area contributed by atoms with Crippen molar-refractivity contribution in [1.82, 2.24) is 4.90 Å². The Morgan fingerprint density at radius 1 is 1.18 bits per heavy atom. The molecule has 1 aromatic rings. The SMILES string of the molecule is CCOC(=O)/C(=C\N(C)C)C(=O)/C(C)=C/C(Cc1cccc(Cl)c1)=C(\C=C\OC)OC.CF. The molecular weight excluding hydrogens is 449 g/mol. The van der Waals surface area contributed by atoms with Gasteiger partial charge in [0.05, 0.1) is 34.3 Å². The maximum atomic E-state index is 13.1. The van der Waals surface area contributed by atoms with Gasteiger partial charge in [-0.1, -0.05) is 23.7 Å². The van der Waals surface area contributed by atoms with Crippen LogP contribution in [0.3, 0.4) is 0 Å². The fourth-order valence-electron chi connectivity index (χ4n) is 2.72. The Bertz CT molecular complexity index is 904. The highest BCUT2D eigenvalue weighted by atomic mass is 35.5. The number of Topliss-reactive ketones (excluding diaryl/α,β-unsaturated/α-hetero) is 1. The number of allylic oxidation sites excluding steroid dienone is 4. The van der Waals surface area contributed by atoms with Crippen molar-refractivity contribution in [3.05, 3.63) is 81.9 Å². The van der Waals surface area contributed by atoms with Gasteiger partial charge in [-0.2, -0.15) is 0 Å². The van der Waals surface area contributed by atoms with E-state index in [0.29, 0.717) is 30.0 Å². The number of esters is 1. The molecule has 0 saturated heterocycles. The molecule has 1 aromatic carbocycles. The van der Waals surface area contributed by atoms with E-state index in [2.05, 4.69) is 0 Å². The van der Waals surface area contributed by atoms with Crippen LogP contribution in [0.5, 0.6) is 0 Å². The summed E-state index contributed by atoms with van der Waals surface area (Å²) in [4.78, 5) is 27.0. The average molecular weight is 482 g/mol. The summed E-state index contributed by atoms with van der Waals surface area (Å²) in [6.45, 7) is 3.52. The smallest absolute Gasteiger partial charge is 0.343 e. The summed E-state index contributed by atoms with van der Waals surface area (Å²) < 4.78 is 25.1. The molecule has 0 unspecified atom stereocenters. The van der Waals surface area contributed by atoms with Crippen LogP contribution in [0.4, 0.5) is 4.39 Å². The third kappa shape index (κ3) is 10.9. The molecule has 1 rings (SSSR count). The zero-order valence-electron chi connectivity index (χ0n) is 20.3. The van der Waals surface area contributed by atoms with E-state index in [9.17, 15) is 14.0 Å². The largest absolute Gasteiger partial charge is 0.504 e. The number of ether oxygens (including phenoxy) is 3. The molecule has 0 N–H and O–H groups in total. The number of hydrogen-bond donors (Lipinski definition) is 0. The van der Waals surface area contributed by atoms with E-state index in [0.717, 1.165) is 11.1 Å². The van der Waals surface area contributed by atoms with Gasteiger partial charge in [-0.3, -0.25) is 9.18 Å². The molecule has 0 aliphatic rings. The lowest BCUT2D eigenvalue weighted by atomic mass is 9.98. The van der Waals surface area contributed by atoms with Crippen LogP contribution in [0, 0.1) is 0 Å². The standard InChI is InChI=1S/C24H30ClNO5.CH3F/c1-7-31-24(28)21(16-26(3)4)23(27)17(2)13-19(22(30-6)11-12-29-5)14-18-9-8-10-20(25)15-18;1-2/h8-13,15-16H,7,14H2,1-6H3;1H3/b12-11+,17-13+,21-16-,22-19-;. The van der Waals surface area contributed by atoms with Gasteiger partial charge in [-0.05, 0) is 48.8 Å². The van der Waals surface area contributed by atoms with E-state index in [1.807, 2.05) is 18.2 Å². The number of carbonyl (C=O) groups is 2. The predicted octanol–water partition coefficient (Wildman–Crippen LogP) is 5.05. The molecule has 8 heteroatoms. The number of ketones is 1. The van der Waals surface area contributed by atoms with Gasteiger partial charge in [-0.15, -0.1) is 0 Å². The molecular formula is C25H33ClFNO5. The molecule has 0 amide bonds. The first-order valence-corrected chi connectivity index (χ1v) is 10.5. The van der Waals surface area contributed by atoms with Crippen molar-refractivity contribution in [3.8, 4) is 0 Å². The Kier molecular flexibility index (Phi) is 15.0. The second kappa shape index (κ2) is 16.6. The van der Waals surface area contributed by atoms with Crippen LogP contribution in [0.15, 0.2) is 71.4 Å². The van der Waals surface area contributed by atoms with Crippen molar-refractivity contribution in [3.63, 3.8) is 0 Å². The Hall–Kier alpha value is -3.06. The molecule has 0 aromatic heterocycles. The first kappa shape index (κ1) is 29.9. The summed E-state index contributed by atoms with van der Waals surface area (Å²) in [6, 6.07) is 7.42. The third-order valence-electron chi connectivity index (χ3n) is 4.05. The van der Waals surface area contributed by atoms with Gasteiger partial charge in [0.25, 0.3) is 0 Å². The van der Waals surface area contributed by atoms with Gasteiger partial charge < -0.3 is 19.1 Å². The van der Waals surface area contributed by atoms with Crippen LogP contribution in [-0.2, 0) is 30.2 Å². The molecule has 6 nitrogen and oxygen atoms in total. The minimum absolute atomic E-state index is 0.0471. The highest BCUT2D eigenvalue weighted by Gasteiger charge is 2.22. The average Bonchev–Trinajstić information content (AvgIpc) is 2.78. The number of benzene rings is 1. The molecule has 0 aliphatic carbocycles. The number of hydrogen-bond acceptors (Lipinski definition) is 6. The Morgan fingerprint density at radius 3 is 2.36 bits per heavy atom. The zero-order chi connectivity index (χ0) is 25.4. The number of halogens is 2. The highest BCUT2D eigenvalue weighted by molar-refractivity contribution is 6.30. The van der Waals surface area contributed by atoms with Gasteiger partial charge in [0.15, 0.2) is 5.78 Å². The van der Waals surface area contributed by atoms with Gasteiger partial charge >= 0.3 is 5.97 Å². The fraction of sp³-hybridized carbons (Fsp3) is 0.360. The van der Waals surface area contributed by atoms with E-state index < -0.39 is 11.8 Å². The predicted molar refractivity (Wildman–Crippen MR) is 130 cm³/mol. The Morgan fingerprint density at radius 2 is 1.85 bits per heavy atom. The Balaban J connectivity index is 0.00000497. The van der Waals surface area contributed by atoms with Crippen LogP contribution in [0.25, 0.3) is 0 Å². The number of nitrogens with zero attached hydrogens (tertiary/aromatic N) is 1. The molecule has 33 heavy (non-hydrogen) atoms. The topological polar surface area (TPSA) is 65.1 Å². The van der Waals surface area contributed by atoms with Crippen molar-refractivity contribution in [1.29, 1.82) is 0 Å². The molecule has 182 valence electrons. The van der Waals surface area contributed by atoms with Gasteiger partial charge in [0.1, 0.15) is 11.3 Å². The highest BCUT2D eigenvalue weighted by Crippen LogP contribution is 2.21. The normalized spacial score (nSPS) is 12.4. The maximum Gasteiger partial charge on any atom is 0.343 e. The summed E-state index contributed by atoms with van der Waals surface area (Å²) in [5, 5.41) is 0.610. The van der Waals surface area contributed by atoms with Gasteiger partial charge in [-0.25, -0.2) is 4.79 Å². The van der Waals surface area contributed by atoms with Gasteiger partial charge in [0, 0.05) is 37.8 Å². The van der Waals surface area contributed by atoms with Crippen molar-refractivity contribution < 1.29 is 28.2 Å². The quantitative estimate of drug-likeness (QED) is 0.110. The lowest BCUT2D eigenvalue weighted by molar-refractivity contribution is -0.139. The van der Waals surface area contributed by atoms with Crippen LogP contribution in [0.1, 0.15) is 19.4 Å². The third-order valence-corrected chi connectivity index (χ3v) is 4.29. The summed E-state index contributed by atoms with van der Waals surface area (Å²) in [5.41, 5.74) is 1.97. The molecule has 0 heterocycles. The summed E-state index contributed by atoms with van der Waals surface area (Å²) >= 11 is 6.12. The van der Waals surface area contributed by atoms with E-state index >= 15 is 0 Å².